The predicted molar refractivity (Wildman–Crippen MR) is 54.6 cm³/mol. The lowest BCUT2D eigenvalue weighted by Crippen LogP contribution is -2.12. The average molecular weight is 197 g/mol. The van der Waals surface area contributed by atoms with E-state index >= 15 is 0 Å². The van der Waals surface area contributed by atoms with Crippen LogP contribution in [0.15, 0.2) is 18.2 Å². The maximum atomic E-state index is 12.9. The van der Waals surface area contributed by atoms with Crippen LogP contribution in [0, 0.1) is 12.7 Å². The van der Waals surface area contributed by atoms with E-state index in [1.165, 1.54) is 6.07 Å². The van der Waals surface area contributed by atoms with E-state index < -0.39 is 0 Å². The van der Waals surface area contributed by atoms with E-state index in [1.807, 2.05) is 0 Å². The highest BCUT2D eigenvalue weighted by molar-refractivity contribution is 5.26. The summed E-state index contributed by atoms with van der Waals surface area (Å²) in [5, 5.41) is 0. The van der Waals surface area contributed by atoms with Gasteiger partial charge in [0, 0.05) is 19.8 Å². The van der Waals surface area contributed by atoms with E-state index in [2.05, 4.69) is 0 Å². The summed E-state index contributed by atoms with van der Waals surface area (Å²) in [7, 11) is 1.64. The van der Waals surface area contributed by atoms with Crippen LogP contribution in [0.2, 0.25) is 0 Å². The third-order valence-electron chi connectivity index (χ3n) is 2.24. The number of benzene rings is 1. The molecule has 1 aromatic carbocycles. The first-order chi connectivity index (χ1) is 6.65. The fourth-order valence-electron chi connectivity index (χ4n) is 1.31. The van der Waals surface area contributed by atoms with Crippen LogP contribution in [0.25, 0.3) is 0 Å². The Bertz CT molecular complexity index is 301. The second-order valence-electron chi connectivity index (χ2n) is 3.40. The van der Waals surface area contributed by atoms with E-state index in [-0.39, 0.29) is 11.9 Å². The van der Waals surface area contributed by atoms with Crippen LogP contribution in [0.4, 0.5) is 4.39 Å². The number of aryl methyl sites for hydroxylation is 1. The van der Waals surface area contributed by atoms with Gasteiger partial charge in [-0.2, -0.15) is 0 Å². The summed E-state index contributed by atoms with van der Waals surface area (Å²) in [6.45, 7) is 2.36. The molecule has 0 saturated heterocycles. The first-order valence-corrected chi connectivity index (χ1v) is 4.65. The zero-order valence-corrected chi connectivity index (χ0v) is 8.59. The van der Waals surface area contributed by atoms with Crippen molar-refractivity contribution in [1.82, 2.24) is 0 Å². The Hall–Kier alpha value is -0.930. The molecular formula is C11H16FNO. The van der Waals surface area contributed by atoms with Crippen molar-refractivity contribution in [3.05, 3.63) is 35.1 Å². The van der Waals surface area contributed by atoms with Gasteiger partial charge in [0.2, 0.25) is 0 Å². The molecule has 0 fully saturated rings. The Morgan fingerprint density at radius 1 is 1.50 bits per heavy atom. The van der Waals surface area contributed by atoms with Crippen LogP contribution in [-0.4, -0.2) is 13.7 Å². The van der Waals surface area contributed by atoms with E-state index in [4.69, 9.17) is 10.5 Å². The van der Waals surface area contributed by atoms with Crippen LogP contribution in [0.3, 0.4) is 0 Å². The smallest absolute Gasteiger partial charge is 0.126 e. The minimum atomic E-state index is -0.187. The summed E-state index contributed by atoms with van der Waals surface area (Å²) in [5.74, 6) is -0.187. The number of hydrogen-bond acceptors (Lipinski definition) is 2. The largest absolute Gasteiger partial charge is 0.385 e. The quantitative estimate of drug-likeness (QED) is 0.802. The van der Waals surface area contributed by atoms with Crippen LogP contribution in [0.5, 0.6) is 0 Å². The van der Waals surface area contributed by atoms with E-state index in [0.29, 0.717) is 12.2 Å². The van der Waals surface area contributed by atoms with Crippen molar-refractivity contribution >= 4 is 0 Å². The molecule has 0 spiro atoms. The summed E-state index contributed by atoms with van der Waals surface area (Å²) in [6.07, 6.45) is 0.752. The average Bonchev–Trinajstić information content (AvgIpc) is 2.18. The summed E-state index contributed by atoms with van der Waals surface area (Å²) in [4.78, 5) is 0. The molecule has 0 aliphatic carbocycles. The number of ether oxygens (including phenoxy) is 1. The van der Waals surface area contributed by atoms with E-state index in [1.54, 1.807) is 26.2 Å². The van der Waals surface area contributed by atoms with Gasteiger partial charge in [0.1, 0.15) is 5.82 Å². The number of methoxy groups -OCH3 is 1. The molecule has 78 valence electrons. The molecule has 0 saturated carbocycles. The Morgan fingerprint density at radius 2 is 2.21 bits per heavy atom. The zero-order chi connectivity index (χ0) is 10.6. The molecule has 0 amide bonds. The molecule has 0 aliphatic heterocycles. The van der Waals surface area contributed by atoms with Crippen molar-refractivity contribution in [2.24, 2.45) is 5.73 Å². The molecule has 2 nitrogen and oxygen atoms in total. The number of hydrogen-bond donors (Lipinski definition) is 1. The van der Waals surface area contributed by atoms with Crippen LogP contribution < -0.4 is 5.73 Å². The second-order valence-corrected chi connectivity index (χ2v) is 3.40. The van der Waals surface area contributed by atoms with Gasteiger partial charge >= 0.3 is 0 Å². The molecule has 1 aromatic rings. The van der Waals surface area contributed by atoms with Gasteiger partial charge in [-0.1, -0.05) is 12.1 Å². The first kappa shape index (κ1) is 11.1. The molecule has 14 heavy (non-hydrogen) atoms. The van der Waals surface area contributed by atoms with Gasteiger partial charge in [-0.3, -0.25) is 0 Å². The van der Waals surface area contributed by atoms with Crippen LogP contribution in [0.1, 0.15) is 23.6 Å². The fourth-order valence-corrected chi connectivity index (χ4v) is 1.31. The zero-order valence-electron chi connectivity index (χ0n) is 8.59. The van der Waals surface area contributed by atoms with Gasteiger partial charge in [-0.05, 0) is 30.5 Å². The standard InChI is InChI=1S/C11H16FNO/c1-8-7-9(3-4-10(8)12)11(13)5-6-14-2/h3-4,7,11H,5-6,13H2,1-2H3. The third kappa shape index (κ3) is 2.79. The summed E-state index contributed by atoms with van der Waals surface area (Å²) >= 11 is 0. The van der Waals surface area contributed by atoms with Crippen LogP contribution in [-0.2, 0) is 4.74 Å². The van der Waals surface area contributed by atoms with Gasteiger partial charge in [0.05, 0.1) is 0 Å². The third-order valence-corrected chi connectivity index (χ3v) is 2.24. The highest BCUT2D eigenvalue weighted by Gasteiger charge is 2.07. The first-order valence-electron chi connectivity index (χ1n) is 4.65. The Kier molecular flexibility index (Phi) is 4.04. The molecule has 1 atom stereocenters. The maximum absolute atomic E-state index is 12.9. The van der Waals surface area contributed by atoms with Crippen molar-refractivity contribution < 1.29 is 9.13 Å². The molecule has 0 bridgehead atoms. The molecular weight excluding hydrogens is 181 g/mol. The van der Waals surface area contributed by atoms with Gasteiger partial charge in [0.25, 0.3) is 0 Å². The fraction of sp³-hybridized carbons (Fsp3) is 0.455. The lowest BCUT2D eigenvalue weighted by Gasteiger charge is -2.12. The van der Waals surface area contributed by atoms with Crippen molar-refractivity contribution in [1.29, 1.82) is 0 Å². The molecule has 0 heterocycles. The van der Waals surface area contributed by atoms with Crippen molar-refractivity contribution in [2.75, 3.05) is 13.7 Å². The van der Waals surface area contributed by atoms with Crippen molar-refractivity contribution in [3.8, 4) is 0 Å². The Labute approximate surface area is 83.9 Å². The van der Waals surface area contributed by atoms with Gasteiger partial charge in [-0.25, -0.2) is 4.39 Å². The molecule has 2 N–H and O–H groups in total. The normalized spacial score (nSPS) is 12.9. The maximum Gasteiger partial charge on any atom is 0.126 e. The van der Waals surface area contributed by atoms with Crippen LogP contribution >= 0.6 is 0 Å². The molecule has 1 unspecified atom stereocenters. The Balaban J connectivity index is 2.70. The minimum absolute atomic E-state index is 0.0748. The summed E-state index contributed by atoms with van der Waals surface area (Å²) < 4.78 is 17.9. The molecule has 0 aromatic heterocycles. The number of rotatable bonds is 4. The lowest BCUT2D eigenvalue weighted by molar-refractivity contribution is 0.188. The highest BCUT2D eigenvalue weighted by Crippen LogP contribution is 2.17. The predicted octanol–water partition coefficient (Wildman–Crippen LogP) is 2.17. The second kappa shape index (κ2) is 5.08. The summed E-state index contributed by atoms with van der Waals surface area (Å²) in [6, 6.07) is 4.89. The van der Waals surface area contributed by atoms with Gasteiger partial charge in [-0.15, -0.1) is 0 Å². The lowest BCUT2D eigenvalue weighted by atomic mass is 10.0. The highest BCUT2D eigenvalue weighted by atomic mass is 19.1. The van der Waals surface area contributed by atoms with E-state index in [9.17, 15) is 4.39 Å². The molecule has 1 rings (SSSR count). The van der Waals surface area contributed by atoms with Crippen molar-refractivity contribution in [3.63, 3.8) is 0 Å². The van der Waals surface area contributed by atoms with Gasteiger partial charge < -0.3 is 10.5 Å². The topological polar surface area (TPSA) is 35.2 Å². The van der Waals surface area contributed by atoms with E-state index in [0.717, 1.165) is 12.0 Å². The minimum Gasteiger partial charge on any atom is -0.385 e. The van der Waals surface area contributed by atoms with Gasteiger partial charge in [0.15, 0.2) is 0 Å². The number of halogens is 1. The molecule has 3 heteroatoms. The monoisotopic (exact) mass is 197 g/mol. The Morgan fingerprint density at radius 3 is 2.79 bits per heavy atom. The molecule has 0 aliphatic rings. The number of nitrogens with two attached hydrogens (primary N) is 1. The molecule has 0 radical (unpaired) electrons. The summed E-state index contributed by atoms with van der Waals surface area (Å²) in [5.41, 5.74) is 7.49. The van der Waals surface area contributed by atoms with Crippen molar-refractivity contribution in [2.45, 2.75) is 19.4 Å². The SMILES string of the molecule is COCCC(N)c1ccc(F)c(C)c1.